The maximum atomic E-state index is 10.5. The van der Waals surface area contributed by atoms with Gasteiger partial charge in [0, 0.05) is 5.41 Å². The van der Waals surface area contributed by atoms with E-state index in [1.807, 2.05) is 0 Å². The molecule has 4 N–H and O–H groups in total. The van der Waals surface area contributed by atoms with E-state index in [-0.39, 0.29) is 5.60 Å². The molecule has 2 nitrogen and oxygen atoms in total. The highest BCUT2D eigenvalue weighted by molar-refractivity contribution is 5.09. The smallest absolute Gasteiger partial charge is 0.0873 e. The quantitative estimate of drug-likeness (QED) is 0.644. The fraction of sp³-hybridized carbons (Fsp3) is 1.00. The maximum absolute atomic E-state index is 10.5. The van der Waals surface area contributed by atoms with E-state index in [0.717, 1.165) is 31.1 Å². The highest BCUT2D eigenvalue weighted by atomic mass is 16.3. The predicted octanol–water partition coefficient (Wildman–Crippen LogP) is 0.948. The molecule has 0 aliphatic heterocycles. The molecule has 4 saturated carbocycles. The summed E-state index contributed by atoms with van der Waals surface area (Å²) in [6.45, 7) is 2.25. The molecule has 4 fully saturated rings. The summed E-state index contributed by atoms with van der Waals surface area (Å²) in [7, 11) is 0. The van der Waals surface area contributed by atoms with Crippen LogP contribution < -0.4 is 5.73 Å². The van der Waals surface area contributed by atoms with Gasteiger partial charge in [0.2, 0.25) is 0 Å². The van der Waals surface area contributed by atoms with Crippen molar-refractivity contribution in [1.82, 2.24) is 0 Å². The summed E-state index contributed by atoms with van der Waals surface area (Å²) >= 11 is 0. The highest BCUT2D eigenvalue weighted by Gasteiger charge is 2.59. The average molecular weight is 196 g/mol. The summed E-state index contributed by atoms with van der Waals surface area (Å²) < 4.78 is 0. The molecule has 0 unspecified atom stereocenters. The molecule has 0 aromatic carbocycles. The molecular formula is C12H22NO+. The summed E-state index contributed by atoms with van der Waals surface area (Å²) in [5.74, 6) is 1.62. The molecular weight excluding hydrogens is 174 g/mol. The lowest BCUT2D eigenvalue weighted by molar-refractivity contribution is -0.455. The second kappa shape index (κ2) is 2.53. The zero-order chi connectivity index (χ0) is 9.97. The first-order valence-electron chi connectivity index (χ1n) is 6.07. The maximum Gasteiger partial charge on any atom is 0.0873 e. The predicted molar refractivity (Wildman–Crippen MR) is 54.4 cm³/mol. The second-order valence-electron chi connectivity index (χ2n) is 6.45. The Hall–Kier alpha value is -0.0800. The van der Waals surface area contributed by atoms with E-state index in [0.29, 0.717) is 11.5 Å². The summed E-state index contributed by atoms with van der Waals surface area (Å²) in [5.41, 5.74) is 4.35. The van der Waals surface area contributed by atoms with E-state index < -0.39 is 0 Å². The van der Waals surface area contributed by atoms with E-state index in [1.54, 1.807) is 0 Å². The third-order valence-corrected chi connectivity index (χ3v) is 5.12. The number of rotatable bonds is 1. The van der Waals surface area contributed by atoms with Gasteiger partial charge in [0.15, 0.2) is 0 Å². The van der Waals surface area contributed by atoms with Gasteiger partial charge in [0.1, 0.15) is 0 Å². The Balaban J connectivity index is 1.96. The van der Waals surface area contributed by atoms with Crippen LogP contribution in [0.5, 0.6) is 0 Å². The topological polar surface area (TPSA) is 47.9 Å². The van der Waals surface area contributed by atoms with Crippen LogP contribution in [0.2, 0.25) is 0 Å². The fourth-order valence-corrected chi connectivity index (χ4v) is 4.86. The molecule has 3 atom stereocenters. The van der Waals surface area contributed by atoms with Crippen molar-refractivity contribution in [1.29, 1.82) is 0 Å². The molecule has 0 radical (unpaired) electrons. The lowest BCUT2D eigenvalue weighted by Gasteiger charge is -2.60. The van der Waals surface area contributed by atoms with E-state index in [2.05, 4.69) is 12.7 Å². The number of quaternary nitrogens is 1. The van der Waals surface area contributed by atoms with Crippen molar-refractivity contribution in [3.8, 4) is 0 Å². The van der Waals surface area contributed by atoms with Gasteiger partial charge in [-0.15, -0.1) is 0 Å². The monoisotopic (exact) mass is 196 g/mol. The molecule has 4 aliphatic rings. The molecule has 2 heteroatoms. The van der Waals surface area contributed by atoms with Crippen LogP contribution in [-0.4, -0.2) is 16.7 Å². The van der Waals surface area contributed by atoms with E-state index in [4.69, 9.17) is 0 Å². The van der Waals surface area contributed by atoms with Gasteiger partial charge in [0.25, 0.3) is 0 Å². The van der Waals surface area contributed by atoms with Gasteiger partial charge < -0.3 is 10.8 Å². The van der Waals surface area contributed by atoms with Crippen LogP contribution in [0.4, 0.5) is 0 Å². The Bertz CT molecular complexity index is 247. The molecule has 4 bridgehead atoms. The molecule has 0 heterocycles. The third kappa shape index (κ3) is 1.10. The van der Waals surface area contributed by atoms with Crippen molar-refractivity contribution in [2.45, 2.75) is 57.1 Å². The van der Waals surface area contributed by atoms with Crippen LogP contribution in [0, 0.1) is 17.3 Å². The van der Waals surface area contributed by atoms with Gasteiger partial charge in [-0.25, -0.2) is 0 Å². The van der Waals surface area contributed by atoms with Crippen LogP contribution in [0.1, 0.15) is 45.4 Å². The molecule has 14 heavy (non-hydrogen) atoms. The minimum absolute atomic E-state index is 0.296. The van der Waals surface area contributed by atoms with Gasteiger partial charge in [0.05, 0.1) is 11.6 Å². The largest absolute Gasteiger partial charge is 0.390 e. The first-order chi connectivity index (χ1) is 6.51. The van der Waals surface area contributed by atoms with Gasteiger partial charge in [-0.1, -0.05) is 0 Å². The Morgan fingerprint density at radius 1 is 1.21 bits per heavy atom. The molecule has 80 valence electrons. The minimum atomic E-state index is -0.296. The second-order valence-corrected chi connectivity index (χ2v) is 6.45. The molecule has 0 spiro atoms. The molecule has 0 aromatic heterocycles. The van der Waals surface area contributed by atoms with Crippen molar-refractivity contribution in [3.63, 3.8) is 0 Å². The van der Waals surface area contributed by atoms with Crippen molar-refractivity contribution >= 4 is 0 Å². The third-order valence-electron chi connectivity index (χ3n) is 5.12. The van der Waals surface area contributed by atoms with Gasteiger partial charge >= 0.3 is 0 Å². The first-order valence-corrected chi connectivity index (χ1v) is 6.07. The lowest BCUT2D eigenvalue weighted by Crippen LogP contribution is -2.72. The Morgan fingerprint density at radius 2 is 1.79 bits per heavy atom. The number of hydrogen-bond donors (Lipinski definition) is 2. The minimum Gasteiger partial charge on any atom is -0.390 e. The van der Waals surface area contributed by atoms with Crippen molar-refractivity contribution in [2.24, 2.45) is 17.3 Å². The fourth-order valence-electron chi connectivity index (χ4n) is 4.86. The van der Waals surface area contributed by atoms with Gasteiger partial charge in [-0.3, -0.25) is 0 Å². The van der Waals surface area contributed by atoms with Crippen molar-refractivity contribution in [3.05, 3.63) is 0 Å². The summed E-state index contributed by atoms with van der Waals surface area (Å²) in [5, 5.41) is 10.5. The van der Waals surface area contributed by atoms with Crippen molar-refractivity contribution in [2.75, 3.05) is 0 Å². The van der Waals surface area contributed by atoms with Crippen LogP contribution >= 0.6 is 0 Å². The SMILES string of the molecule is C[C@H]([NH3+])C12C[C@@H]3C[C@H](CC(O)(C3)C1)C2. The van der Waals surface area contributed by atoms with Crippen LogP contribution in [0.25, 0.3) is 0 Å². The Labute approximate surface area is 85.9 Å². The highest BCUT2D eigenvalue weighted by Crippen LogP contribution is 2.62. The number of hydrogen-bond acceptors (Lipinski definition) is 1. The summed E-state index contributed by atoms with van der Waals surface area (Å²) in [6.07, 6.45) is 7.28. The van der Waals surface area contributed by atoms with Crippen LogP contribution in [-0.2, 0) is 0 Å². The van der Waals surface area contributed by atoms with Crippen LogP contribution in [0.3, 0.4) is 0 Å². The van der Waals surface area contributed by atoms with Crippen LogP contribution in [0.15, 0.2) is 0 Å². The molecule has 0 saturated heterocycles. The molecule has 0 aromatic rings. The Morgan fingerprint density at radius 3 is 2.21 bits per heavy atom. The summed E-state index contributed by atoms with van der Waals surface area (Å²) in [6, 6.07) is 0.514. The lowest BCUT2D eigenvalue weighted by atomic mass is 9.46. The molecule has 4 aliphatic carbocycles. The first kappa shape index (κ1) is 9.17. The van der Waals surface area contributed by atoms with Crippen molar-refractivity contribution < 1.29 is 10.8 Å². The average Bonchev–Trinajstić information content (AvgIpc) is 1.98. The molecule has 4 rings (SSSR count). The Kier molecular flexibility index (Phi) is 1.66. The normalized spacial score (nSPS) is 57.6. The van der Waals surface area contributed by atoms with Gasteiger partial charge in [-0.2, -0.15) is 0 Å². The van der Waals surface area contributed by atoms with Gasteiger partial charge in [-0.05, 0) is 57.3 Å². The standard InChI is InChI=1S/C12H21NO/c1-8(13)11-3-9-2-10(4-11)6-12(14,5-9)7-11/h8-10,14H,2-7,13H2,1H3/p+1/t8-,9-,10-,11?,12?/m0/s1. The van der Waals surface area contributed by atoms with E-state index >= 15 is 0 Å². The zero-order valence-electron chi connectivity index (χ0n) is 9.13. The number of aliphatic hydroxyl groups is 1. The van der Waals surface area contributed by atoms with E-state index in [1.165, 1.54) is 19.3 Å². The van der Waals surface area contributed by atoms with E-state index in [9.17, 15) is 5.11 Å². The molecule has 0 amide bonds. The zero-order valence-corrected chi connectivity index (χ0v) is 9.13. The summed E-state index contributed by atoms with van der Waals surface area (Å²) in [4.78, 5) is 0.